The van der Waals surface area contributed by atoms with E-state index in [1.54, 1.807) is 0 Å². The smallest absolute Gasteiger partial charge is 0.131 e. The van der Waals surface area contributed by atoms with Crippen molar-refractivity contribution in [2.45, 2.75) is 31.9 Å². The van der Waals surface area contributed by atoms with E-state index < -0.39 is 17.7 Å². The highest BCUT2D eigenvalue weighted by Gasteiger charge is 2.15. The lowest BCUT2D eigenvalue weighted by atomic mass is 10.0. The van der Waals surface area contributed by atoms with Crippen molar-refractivity contribution in [2.24, 2.45) is 5.73 Å². The van der Waals surface area contributed by atoms with Gasteiger partial charge in [0.25, 0.3) is 0 Å². The van der Waals surface area contributed by atoms with E-state index in [9.17, 15) is 13.9 Å². The molecule has 0 aliphatic rings. The molecule has 1 aromatic rings. The average molecular weight is 215 g/mol. The maximum atomic E-state index is 13.2. The van der Waals surface area contributed by atoms with Gasteiger partial charge in [-0.3, -0.25) is 0 Å². The molecule has 1 rings (SSSR count). The number of rotatable bonds is 4. The SMILES string of the molecule is CCC(N)CC(O)c1ccc(F)cc1F. The second kappa shape index (κ2) is 5.19. The van der Waals surface area contributed by atoms with Gasteiger partial charge in [-0.25, -0.2) is 8.78 Å². The fourth-order valence-electron chi connectivity index (χ4n) is 1.35. The summed E-state index contributed by atoms with van der Waals surface area (Å²) in [5.74, 6) is -1.38. The van der Waals surface area contributed by atoms with Gasteiger partial charge in [0.15, 0.2) is 0 Å². The van der Waals surface area contributed by atoms with Crippen molar-refractivity contribution in [1.29, 1.82) is 0 Å². The van der Waals surface area contributed by atoms with Crippen molar-refractivity contribution in [3.8, 4) is 0 Å². The van der Waals surface area contributed by atoms with Gasteiger partial charge in [0.05, 0.1) is 6.10 Å². The number of nitrogens with two attached hydrogens (primary N) is 1. The van der Waals surface area contributed by atoms with E-state index in [1.165, 1.54) is 6.07 Å². The van der Waals surface area contributed by atoms with E-state index in [-0.39, 0.29) is 18.0 Å². The molecule has 0 radical (unpaired) electrons. The van der Waals surface area contributed by atoms with Crippen LogP contribution < -0.4 is 5.73 Å². The van der Waals surface area contributed by atoms with Crippen molar-refractivity contribution in [2.75, 3.05) is 0 Å². The van der Waals surface area contributed by atoms with E-state index in [1.807, 2.05) is 6.92 Å². The Morgan fingerprint density at radius 1 is 1.40 bits per heavy atom. The maximum absolute atomic E-state index is 13.2. The highest BCUT2D eigenvalue weighted by molar-refractivity contribution is 5.20. The zero-order chi connectivity index (χ0) is 11.4. The topological polar surface area (TPSA) is 46.2 Å². The van der Waals surface area contributed by atoms with Crippen molar-refractivity contribution >= 4 is 0 Å². The molecular weight excluding hydrogens is 200 g/mol. The van der Waals surface area contributed by atoms with Crippen LogP contribution in [0.1, 0.15) is 31.4 Å². The van der Waals surface area contributed by atoms with Crippen LogP contribution in [0.3, 0.4) is 0 Å². The highest BCUT2D eigenvalue weighted by Crippen LogP contribution is 2.22. The van der Waals surface area contributed by atoms with Gasteiger partial charge in [-0.1, -0.05) is 13.0 Å². The Hall–Kier alpha value is -1.00. The van der Waals surface area contributed by atoms with Gasteiger partial charge in [-0.15, -0.1) is 0 Å². The summed E-state index contributed by atoms with van der Waals surface area (Å²) in [4.78, 5) is 0. The molecule has 0 aliphatic heterocycles. The van der Waals surface area contributed by atoms with Crippen molar-refractivity contribution in [3.63, 3.8) is 0 Å². The predicted octanol–water partition coefficient (Wildman–Crippen LogP) is 2.13. The summed E-state index contributed by atoms with van der Waals surface area (Å²) in [7, 11) is 0. The Labute approximate surface area is 87.7 Å². The van der Waals surface area contributed by atoms with Gasteiger partial charge in [0.1, 0.15) is 11.6 Å². The number of aliphatic hydroxyl groups is 1. The summed E-state index contributed by atoms with van der Waals surface area (Å²) in [5, 5.41) is 9.65. The summed E-state index contributed by atoms with van der Waals surface area (Å²) in [6.07, 6.45) is 0.0133. The van der Waals surface area contributed by atoms with Crippen LogP contribution in [0, 0.1) is 11.6 Å². The molecule has 15 heavy (non-hydrogen) atoms. The number of aliphatic hydroxyl groups excluding tert-OH is 1. The quantitative estimate of drug-likeness (QED) is 0.808. The summed E-state index contributed by atoms with van der Waals surface area (Å²) >= 11 is 0. The van der Waals surface area contributed by atoms with Crippen LogP contribution in [-0.4, -0.2) is 11.1 Å². The Balaban J connectivity index is 2.77. The third kappa shape index (κ3) is 3.25. The molecule has 2 atom stereocenters. The van der Waals surface area contributed by atoms with Crippen molar-refractivity contribution in [3.05, 3.63) is 35.4 Å². The summed E-state index contributed by atoms with van der Waals surface area (Å²) in [6, 6.07) is 2.96. The average Bonchev–Trinajstić information content (AvgIpc) is 2.17. The maximum Gasteiger partial charge on any atom is 0.131 e. The summed E-state index contributed by atoms with van der Waals surface area (Å²) in [6.45, 7) is 1.89. The highest BCUT2D eigenvalue weighted by atomic mass is 19.1. The van der Waals surface area contributed by atoms with Gasteiger partial charge in [0, 0.05) is 17.7 Å². The van der Waals surface area contributed by atoms with Crippen LogP contribution in [-0.2, 0) is 0 Å². The largest absolute Gasteiger partial charge is 0.388 e. The first-order valence-corrected chi connectivity index (χ1v) is 4.93. The molecule has 2 nitrogen and oxygen atoms in total. The first kappa shape index (κ1) is 12.1. The number of benzene rings is 1. The van der Waals surface area contributed by atoms with Gasteiger partial charge < -0.3 is 10.8 Å². The zero-order valence-electron chi connectivity index (χ0n) is 8.58. The normalized spacial score (nSPS) is 15.0. The molecule has 0 aromatic heterocycles. The van der Waals surface area contributed by atoms with E-state index in [2.05, 4.69) is 0 Å². The molecule has 0 fully saturated rings. The third-order valence-corrected chi connectivity index (χ3v) is 2.37. The molecule has 4 heteroatoms. The molecule has 1 aromatic carbocycles. The van der Waals surface area contributed by atoms with Crippen LogP contribution in [0.4, 0.5) is 8.78 Å². The Bertz CT molecular complexity index is 330. The summed E-state index contributed by atoms with van der Waals surface area (Å²) in [5.41, 5.74) is 5.73. The minimum absolute atomic E-state index is 0.0975. The fourth-order valence-corrected chi connectivity index (χ4v) is 1.35. The van der Waals surface area contributed by atoms with E-state index in [0.29, 0.717) is 6.42 Å². The van der Waals surface area contributed by atoms with Crippen LogP contribution >= 0.6 is 0 Å². The molecular formula is C11H15F2NO. The molecule has 84 valence electrons. The lowest BCUT2D eigenvalue weighted by Crippen LogP contribution is -2.22. The standard InChI is InChI=1S/C11H15F2NO/c1-2-8(14)6-11(15)9-4-3-7(12)5-10(9)13/h3-5,8,11,15H,2,6,14H2,1H3. The molecule has 0 spiro atoms. The second-order valence-corrected chi connectivity index (χ2v) is 3.59. The van der Waals surface area contributed by atoms with E-state index in [0.717, 1.165) is 12.1 Å². The first-order chi connectivity index (χ1) is 7.04. The van der Waals surface area contributed by atoms with Gasteiger partial charge in [-0.2, -0.15) is 0 Å². The van der Waals surface area contributed by atoms with Crippen LogP contribution in [0.2, 0.25) is 0 Å². The lowest BCUT2D eigenvalue weighted by molar-refractivity contribution is 0.152. The molecule has 3 N–H and O–H groups in total. The number of halogens is 2. The Morgan fingerprint density at radius 3 is 2.60 bits per heavy atom. The molecule has 0 aliphatic carbocycles. The molecule has 0 bridgehead atoms. The van der Waals surface area contributed by atoms with Gasteiger partial charge in [0.2, 0.25) is 0 Å². The van der Waals surface area contributed by atoms with Crippen LogP contribution in [0.15, 0.2) is 18.2 Å². The van der Waals surface area contributed by atoms with Crippen LogP contribution in [0.25, 0.3) is 0 Å². The third-order valence-electron chi connectivity index (χ3n) is 2.37. The van der Waals surface area contributed by atoms with Gasteiger partial charge >= 0.3 is 0 Å². The van der Waals surface area contributed by atoms with Crippen LogP contribution in [0.5, 0.6) is 0 Å². The monoisotopic (exact) mass is 215 g/mol. The number of hydrogen-bond acceptors (Lipinski definition) is 2. The molecule has 0 saturated carbocycles. The fraction of sp³-hybridized carbons (Fsp3) is 0.455. The lowest BCUT2D eigenvalue weighted by Gasteiger charge is -2.15. The summed E-state index contributed by atoms with van der Waals surface area (Å²) < 4.78 is 25.8. The minimum Gasteiger partial charge on any atom is -0.388 e. The van der Waals surface area contributed by atoms with Crippen molar-refractivity contribution < 1.29 is 13.9 Å². The van der Waals surface area contributed by atoms with Crippen molar-refractivity contribution in [1.82, 2.24) is 0 Å². The molecule has 0 heterocycles. The van der Waals surface area contributed by atoms with Gasteiger partial charge in [-0.05, 0) is 18.9 Å². The zero-order valence-corrected chi connectivity index (χ0v) is 8.58. The molecule has 0 amide bonds. The first-order valence-electron chi connectivity index (χ1n) is 4.93. The van der Waals surface area contributed by atoms with E-state index in [4.69, 9.17) is 5.73 Å². The molecule has 0 saturated heterocycles. The number of hydrogen-bond donors (Lipinski definition) is 2. The second-order valence-electron chi connectivity index (χ2n) is 3.59. The predicted molar refractivity (Wildman–Crippen MR) is 54.2 cm³/mol. The Morgan fingerprint density at radius 2 is 2.07 bits per heavy atom. The minimum atomic E-state index is -0.972. The van der Waals surface area contributed by atoms with E-state index >= 15 is 0 Å². The Kier molecular flexibility index (Phi) is 4.17. The molecule has 2 unspecified atom stereocenters.